The molecule has 3 rings (SSSR count). The molecule has 102 valence electrons. The van der Waals surface area contributed by atoms with E-state index >= 15 is 0 Å². The average molecular weight is 261 g/mol. The Kier molecular flexibility index (Phi) is 3.12. The van der Waals surface area contributed by atoms with Crippen LogP contribution in [0.4, 0.5) is 11.5 Å². The van der Waals surface area contributed by atoms with Crippen LogP contribution >= 0.6 is 0 Å². The van der Waals surface area contributed by atoms with Gasteiger partial charge in [0.2, 0.25) is 0 Å². The number of pyridine rings is 1. The van der Waals surface area contributed by atoms with E-state index in [4.69, 9.17) is 0 Å². The maximum absolute atomic E-state index is 11.0. The molecule has 0 spiro atoms. The van der Waals surface area contributed by atoms with Crippen LogP contribution in [0.5, 0.6) is 0 Å². The molecule has 2 aliphatic rings. The lowest BCUT2D eigenvalue weighted by Crippen LogP contribution is -2.30. The molecule has 1 heterocycles. The first kappa shape index (κ1) is 12.4. The van der Waals surface area contributed by atoms with Crippen molar-refractivity contribution < 1.29 is 4.92 Å². The third-order valence-corrected chi connectivity index (χ3v) is 4.78. The van der Waals surface area contributed by atoms with E-state index in [0.717, 1.165) is 11.8 Å². The predicted molar refractivity (Wildman–Crippen MR) is 72.9 cm³/mol. The quantitative estimate of drug-likeness (QED) is 0.667. The fraction of sp³-hybridized carbons (Fsp3) is 0.643. The van der Waals surface area contributed by atoms with Crippen LogP contribution in [0.1, 0.15) is 32.6 Å². The Balaban J connectivity index is 1.73. The van der Waals surface area contributed by atoms with E-state index in [-0.39, 0.29) is 11.9 Å². The molecule has 2 bridgehead atoms. The standard InChI is InChI=1S/C14H19N3O2/c1-9(12-8-10-4-5-11(12)7-10)16-13-3-2-6-15-14(13)17(18)19/h2-3,6,9-12,16H,4-5,7-8H2,1H3. The van der Waals surface area contributed by atoms with E-state index in [9.17, 15) is 10.1 Å². The van der Waals surface area contributed by atoms with Crippen molar-refractivity contribution in [1.29, 1.82) is 0 Å². The van der Waals surface area contributed by atoms with Crippen LogP contribution in [0, 0.1) is 27.9 Å². The monoisotopic (exact) mass is 261 g/mol. The van der Waals surface area contributed by atoms with Crippen molar-refractivity contribution >= 4 is 11.5 Å². The number of nitrogens with zero attached hydrogens (tertiary/aromatic N) is 2. The van der Waals surface area contributed by atoms with Gasteiger partial charge < -0.3 is 15.4 Å². The van der Waals surface area contributed by atoms with Gasteiger partial charge in [0.15, 0.2) is 0 Å². The molecular weight excluding hydrogens is 242 g/mol. The zero-order valence-electron chi connectivity index (χ0n) is 11.1. The van der Waals surface area contributed by atoms with Crippen molar-refractivity contribution in [2.75, 3.05) is 5.32 Å². The van der Waals surface area contributed by atoms with Crippen molar-refractivity contribution in [2.45, 2.75) is 38.6 Å². The second-order valence-corrected chi connectivity index (χ2v) is 5.90. The molecule has 2 saturated carbocycles. The van der Waals surface area contributed by atoms with Gasteiger partial charge in [-0.25, -0.2) is 0 Å². The molecule has 2 aliphatic carbocycles. The van der Waals surface area contributed by atoms with Gasteiger partial charge in [-0.15, -0.1) is 0 Å². The summed E-state index contributed by atoms with van der Waals surface area (Å²) in [4.78, 5) is 14.4. The highest BCUT2D eigenvalue weighted by atomic mass is 16.6. The summed E-state index contributed by atoms with van der Waals surface area (Å²) < 4.78 is 0. The molecule has 1 aromatic rings. The molecular formula is C14H19N3O2. The number of nitrogens with one attached hydrogen (secondary N) is 1. The Morgan fingerprint density at radius 3 is 2.95 bits per heavy atom. The average Bonchev–Trinajstić information content (AvgIpc) is 3.01. The maximum Gasteiger partial charge on any atom is 0.386 e. The Labute approximate surface area is 112 Å². The lowest BCUT2D eigenvalue weighted by Gasteiger charge is -2.28. The summed E-state index contributed by atoms with van der Waals surface area (Å²) in [6.45, 7) is 2.14. The SMILES string of the molecule is CC(Nc1cccnc1[N+](=O)[O-])C1CC2CCC1C2. The highest BCUT2D eigenvalue weighted by Crippen LogP contribution is 2.50. The predicted octanol–water partition coefficient (Wildman–Crippen LogP) is 3.23. The van der Waals surface area contributed by atoms with E-state index in [2.05, 4.69) is 17.2 Å². The zero-order chi connectivity index (χ0) is 13.4. The van der Waals surface area contributed by atoms with Crippen LogP contribution in [0.25, 0.3) is 0 Å². The van der Waals surface area contributed by atoms with Crippen molar-refractivity contribution in [3.8, 4) is 0 Å². The second kappa shape index (κ2) is 4.79. The van der Waals surface area contributed by atoms with Crippen molar-refractivity contribution in [1.82, 2.24) is 4.98 Å². The molecule has 0 radical (unpaired) electrons. The third kappa shape index (κ3) is 2.29. The first-order valence-electron chi connectivity index (χ1n) is 7.01. The number of rotatable bonds is 4. The second-order valence-electron chi connectivity index (χ2n) is 5.90. The number of hydrogen-bond acceptors (Lipinski definition) is 4. The van der Waals surface area contributed by atoms with Gasteiger partial charge in [-0.2, -0.15) is 0 Å². The Morgan fingerprint density at radius 2 is 2.32 bits per heavy atom. The number of aromatic nitrogens is 1. The fourth-order valence-electron chi connectivity index (χ4n) is 3.91. The van der Waals surface area contributed by atoms with E-state index in [1.807, 2.05) is 0 Å². The van der Waals surface area contributed by atoms with Gasteiger partial charge in [0, 0.05) is 6.04 Å². The van der Waals surface area contributed by atoms with Crippen LogP contribution in [-0.2, 0) is 0 Å². The summed E-state index contributed by atoms with van der Waals surface area (Å²) in [5.74, 6) is 2.28. The third-order valence-electron chi connectivity index (χ3n) is 4.78. The summed E-state index contributed by atoms with van der Waals surface area (Å²) in [5, 5.41) is 14.3. The number of anilines is 1. The van der Waals surface area contributed by atoms with E-state index in [1.165, 1.54) is 31.9 Å². The van der Waals surface area contributed by atoms with E-state index in [1.54, 1.807) is 12.1 Å². The van der Waals surface area contributed by atoms with Crippen LogP contribution in [0.15, 0.2) is 18.3 Å². The van der Waals surface area contributed by atoms with Gasteiger partial charge >= 0.3 is 5.82 Å². The molecule has 4 atom stereocenters. The normalized spacial score (nSPS) is 30.3. The van der Waals surface area contributed by atoms with Crippen LogP contribution < -0.4 is 5.32 Å². The van der Waals surface area contributed by atoms with E-state index in [0.29, 0.717) is 11.6 Å². The topological polar surface area (TPSA) is 68.1 Å². The van der Waals surface area contributed by atoms with Gasteiger partial charge in [-0.1, -0.05) is 6.42 Å². The minimum atomic E-state index is -0.421. The largest absolute Gasteiger partial charge is 0.386 e. The van der Waals surface area contributed by atoms with E-state index < -0.39 is 4.92 Å². The molecule has 0 aliphatic heterocycles. The first-order valence-corrected chi connectivity index (χ1v) is 7.01. The summed E-state index contributed by atoms with van der Waals surface area (Å²) in [6, 6.07) is 3.76. The molecule has 0 amide bonds. The van der Waals surface area contributed by atoms with Gasteiger partial charge in [0.1, 0.15) is 11.9 Å². The number of fused-ring (bicyclic) bond motifs is 2. The fourth-order valence-corrected chi connectivity index (χ4v) is 3.91. The molecule has 2 fully saturated rings. The van der Waals surface area contributed by atoms with Crippen molar-refractivity contribution in [3.05, 3.63) is 28.4 Å². The molecule has 4 unspecified atom stereocenters. The summed E-state index contributed by atoms with van der Waals surface area (Å²) >= 11 is 0. The summed E-state index contributed by atoms with van der Waals surface area (Å²) in [5.41, 5.74) is 0.544. The van der Waals surface area contributed by atoms with Gasteiger partial charge in [-0.05, 0) is 66.0 Å². The first-order chi connectivity index (χ1) is 9.15. The van der Waals surface area contributed by atoms with Gasteiger partial charge in [0.25, 0.3) is 0 Å². The van der Waals surface area contributed by atoms with Crippen LogP contribution in [0.2, 0.25) is 0 Å². The van der Waals surface area contributed by atoms with Gasteiger partial charge in [-0.3, -0.25) is 0 Å². The molecule has 5 nitrogen and oxygen atoms in total. The smallest absolute Gasteiger partial charge is 0.375 e. The summed E-state index contributed by atoms with van der Waals surface area (Å²) in [7, 11) is 0. The molecule has 19 heavy (non-hydrogen) atoms. The van der Waals surface area contributed by atoms with Gasteiger partial charge in [0.05, 0.1) is 0 Å². The Morgan fingerprint density at radius 1 is 1.47 bits per heavy atom. The highest BCUT2D eigenvalue weighted by molar-refractivity contribution is 5.57. The lowest BCUT2D eigenvalue weighted by molar-refractivity contribution is -0.388. The molecule has 5 heteroatoms. The van der Waals surface area contributed by atoms with Crippen LogP contribution in [0.3, 0.4) is 0 Å². The van der Waals surface area contributed by atoms with Crippen molar-refractivity contribution in [3.63, 3.8) is 0 Å². The van der Waals surface area contributed by atoms with Crippen molar-refractivity contribution in [2.24, 2.45) is 17.8 Å². The summed E-state index contributed by atoms with van der Waals surface area (Å²) in [6.07, 6.45) is 6.79. The zero-order valence-corrected chi connectivity index (χ0v) is 11.1. The highest BCUT2D eigenvalue weighted by Gasteiger charge is 2.42. The number of hydrogen-bond donors (Lipinski definition) is 1. The van der Waals surface area contributed by atoms with Crippen LogP contribution in [-0.4, -0.2) is 15.9 Å². The molecule has 1 N–H and O–H groups in total. The molecule has 0 aromatic carbocycles. The Bertz CT molecular complexity index is 491. The minimum absolute atomic E-state index is 0.0718. The Hall–Kier alpha value is -1.65. The minimum Gasteiger partial charge on any atom is -0.375 e. The maximum atomic E-state index is 11.0. The lowest BCUT2D eigenvalue weighted by atomic mass is 9.84. The molecule has 0 saturated heterocycles. The molecule has 1 aromatic heterocycles. The number of nitro groups is 1.